The van der Waals surface area contributed by atoms with Gasteiger partial charge in [0.25, 0.3) is 11.8 Å². The van der Waals surface area contributed by atoms with Crippen molar-refractivity contribution >= 4 is 62.7 Å². The van der Waals surface area contributed by atoms with Gasteiger partial charge in [-0.2, -0.15) is 5.10 Å². The number of nitrogen functional groups attached to an aromatic ring is 1. The van der Waals surface area contributed by atoms with Gasteiger partial charge in [-0.15, -0.1) is 0 Å². The fourth-order valence-corrected chi connectivity index (χ4v) is 4.87. The van der Waals surface area contributed by atoms with Crippen molar-refractivity contribution in [2.75, 3.05) is 25.4 Å². The highest BCUT2D eigenvalue weighted by Gasteiger charge is 2.19. The van der Waals surface area contributed by atoms with E-state index < -0.39 is 5.91 Å². The first-order chi connectivity index (χ1) is 19.4. The Bertz CT molecular complexity index is 1630. The number of carbonyl (C=O) groups excluding carboxylic acids is 2. The van der Waals surface area contributed by atoms with E-state index in [9.17, 15) is 14.7 Å². The number of anilines is 1. The van der Waals surface area contributed by atoms with Crippen molar-refractivity contribution in [2.45, 2.75) is 6.42 Å². The van der Waals surface area contributed by atoms with Crippen molar-refractivity contribution in [3.63, 3.8) is 0 Å². The molecule has 4 N–H and O–H groups in total. The number of aromatic hydroxyl groups is 1. The number of fused-ring (bicyclic) bond motifs is 1. The maximum Gasteiger partial charge on any atom is 0.271 e. The molecule has 0 aromatic heterocycles. The molecule has 1 aliphatic rings. The van der Waals surface area contributed by atoms with E-state index in [0.717, 1.165) is 22.8 Å². The first kappa shape index (κ1) is 27.2. The Kier molecular flexibility index (Phi) is 8.30. The molecule has 1 heterocycles. The molecular formula is C31H27IN4O4. The highest BCUT2D eigenvalue weighted by Crippen LogP contribution is 2.28. The van der Waals surface area contributed by atoms with E-state index in [1.165, 1.54) is 32.9 Å². The molecule has 5 rings (SSSR count). The summed E-state index contributed by atoms with van der Waals surface area (Å²) in [5.74, 6) is -0.0127. The minimum atomic E-state index is -0.455. The zero-order chi connectivity index (χ0) is 28.1. The lowest BCUT2D eigenvalue weighted by molar-refractivity contribution is -0.132. The molecule has 40 heavy (non-hydrogen) atoms. The van der Waals surface area contributed by atoms with Crippen LogP contribution in [-0.4, -0.2) is 47.7 Å². The summed E-state index contributed by atoms with van der Waals surface area (Å²) in [4.78, 5) is 27.1. The highest BCUT2D eigenvalue weighted by molar-refractivity contribution is 14.1. The van der Waals surface area contributed by atoms with Crippen molar-refractivity contribution in [3.05, 3.63) is 105 Å². The van der Waals surface area contributed by atoms with Crippen LogP contribution in [0.3, 0.4) is 0 Å². The van der Waals surface area contributed by atoms with Gasteiger partial charge < -0.3 is 20.5 Å². The number of phenols is 1. The third kappa shape index (κ3) is 6.26. The van der Waals surface area contributed by atoms with Crippen molar-refractivity contribution in [1.29, 1.82) is 0 Å². The molecule has 9 heteroatoms. The molecule has 0 radical (unpaired) electrons. The summed E-state index contributed by atoms with van der Waals surface area (Å²) in [6.07, 6.45) is 4.46. The molecule has 0 aliphatic carbocycles. The molecular weight excluding hydrogens is 619 g/mol. The van der Waals surface area contributed by atoms with E-state index >= 15 is 0 Å². The van der Waals surface area contributed by atoms with E-state index in [0.29, 0.717) is 18.8 Å². The summed E-state index contributed by atoms with van der Waals surface area (Å²) in [6, 6.07) is 23.9. The van der Waals surface area contributed by atoms with Gasteiger partial charge in [0, 0.05) is 33.2 Å². The van der Waals surface area contributed by atoms with Gasteiger partial charge in [0.15, 0.2) is 6.61 Å². The molecule has 0 saturated heterocycles. The van der Waals surface area contributed by atoms with Crippen LogP contribution in [-0.2, 0) is 4.79 Å². The quantitative estimate of drug-likeness (QED) is 0.0841. The fraction of sp³-hybridized carbons (Fsp3) is 0.129. The van der Waals surface area contributed by atoms with Crippen LogP contribution in [0.1, 0.15) is 27.9 Å². The third-order valence-corrected chi connectivity index (χ3v) is 7.42. The van der Waals surface area contributed by atoms with E-state index in [1.807, 2.05) is 35.2 Å². The molecule has 0 fully saturated rings. The maximum absolute atomic E-state index is 12.9. The van der Waals surface area contributed by atoms with Crippen LogP contribution in [0, 0.1) is 3.57 Å². The number of rotatable bonds is 7. The predicted octanol–water partition coefficient (Wildman–Crippen LogP) is 5.19. The lowest BCUT2D eigenvalue weighted by atomic mass is 9.99. The number of nitrogens with zero attached hydrogens (tertiary/aromatic N) is 2. The van der Waals surface area contributed by atoms with Crippen molar-refractivity contribution < 1.29 is 19.4 Å². The van der Waals surface area contributed by atoms with Crippen LogP contribution >= 0.6 is 22.6 Å². The lowest BCUT2D eigenvalue weighted by Crippen LogP contribution is -2.37. The van der Waals surface area contributed by atoms with E-state index in [2.05, 4.69) is 63.5 Å². The standard InChI is InChI=1S/C31H27IN4O4/c32-24-9-5-20(6-10-24)21-13-15-36(16-14-21)30(38)19-40-29-12-8-23(25-3-1-2-4-26(25)29)18-34-35-31(39)22-7-11-28(37)27(33)17-22/h1-13,17-18,37H,14-16,19,33H2,(H,35,39)/b34-18+. The highest BCUT2D eigenvalue weighted by atomic mass is 127. The molecule has 8 nitrogen and oxygen atoms in total. The van der Waals surface area contributed by atoms with Crippen LogP contribution in [0.5, 0.6) is 11.5 Å². The van der Waals surface area contributed by atoms with Crippen LogP contribution in [0.15, 0.2) is 90.0 Å². The van der Waals surface area contributed by atoms with Gasteiger partial charge in [0.05, 0.1) is 11.9 Å². The molecule has 0 spiro atoms. The smallest absolute Gasteiger partial charge is 0.271 e. The van der Waals surface area contributed by atoms with Gasteiger partial charge in [-0.1, -0.05) is 42.5 Å². The van der Waals surface area contributed by atoms with Crippen molar-refractivity contribution in [3.8, 4) is 11.5 Å². The second-order valence-corrected chi connectivity index (χ2v) is 10.5. The Balaban J connectivity index is 1.22. The molecule has 4 aromatic rings. The van der Waals surface area contributed by atoms with Gasteiger partial charge in [-0.05, 0) is 88.0 Å². The Morgan fingerprint density at radius 2 is 1.82 bits per heavy atom. The van der Waals surface area contributed by atoms with E-state index in [-0.39, 0.29) is 29.5 Å². The second kappa shape index (κ2) is 12.2. The Morgan fingerprint density at radius 3 is 2.55 bits per heavy atom. The van der Waals surface area contributed by atoms with Crippen LogP contribution in [0.4, 0.5) is 5.69 Å². The number of nitrogens with one attached hydrogen (secondary N) is 1. The van der Waals surface area contributed by atoms with Crippen LogP contribution in [0.25, 0.3) is 16.3 Å². The SMILES string of the molecule is Nc1cc(C(=O)N/N=C/c2ccc(OCC(=O)N3CC=C(c4ccc(I)cc4)CC3)c3ccccc23)ccc1O. The summed E-state index contributed by atoms with van der Waals surface area (Å²) in [6.45, 7) is 1.15. The summed E-state index contributed by atoms with van der Waals surface area (Å²) in [7, 11) is 0. The zero-order valence-electron chi connectivity index (χ0n) is 21.5. The monoisotopic (exact) mass is 646 g/mol. The fourth-order valence-electron chi connectivity index (χ4n) is 4.51. The number of hydrogen-bond acceptors (Lipinski definition) is 6. The van der Waals surface area contributed by atoms with E-state index in [4.69, 9.17) is 10.5 Å². The minimum absolute atomic E-state index is 0.0596. The Labute approximate surface area is 245 Å². The first-order valence-electron chi connectivity index (χ1n) is 12.7. The van der Waals surface area contributed by atoms with E-state index in [1.54, 1.807) is 12.3 Å². The number of phenolic OH excluding ortho intramolecular Hbond substituents is 1. The number of carbonyl (C=O) groups is 2. The summed E-state index contributed by atoms with van der Waals surface area (Å²) >= 11 is 2.29. The molecule has 0 unspecified atom stereocenters. The topological polar surface area (TPSA) is 117 Å². The number of hydrazone groups is 1. The maximum atomic E-state index is 12.9. The van der Waals surface area contributed by atoms with Crippen molar-refractivity contribution in [2.24, 2.45) is 5.10 Å². The van der Waals surface area contributed by atoms with Gasteiger partial charge >= 0.3 is 0 Å². The number of benzene rings is 4. The molecule has 4 aromatic carbocycles. The predicted molar refractivity (Wildman–Crippen MR) is 165 cm³/mol. The molecule has 2 amide bonds. The number of ether oxygens (including phenoxy) is 1. The van der Waals surface area contributed by atoms with Gasteiger partial charge in [0.2, 0.25) is 0 Å². The molecule has 1 aliphatic heterocycles. The molecule has 0 bridgehead atoms. The van der Waals surface area contributed by atoms with Gasteiger partial charge in [0.1, 0.15) is 11.5 Å². The number of nitrogens with two attached hydrogens (primary N) is 1. The van der Waals surface area contributed by atoms with Gasteiger partial charge in [-0.25, -0.2) is 5.43 Å². The summed E-state index contributed by atoms with van der Waals surface area (Å²) < 4.78 is 7.17. The number of halogens is 1. The third-order valence-electron chi connectivity index (χ3n) is 6.71. The van der Waals surface area contributed by atoms with Crippen LogP contribution in [0.2, 0.25) is 0 Å². The van der Waals surface area contributed by atoms with Crippen LogP contribution < -0.4 is 15.9 Å². The molecule has 202 valence electrons. The second-order valence-electron chi connectivity index (χ2n) is 9.29. The van der Waals surface area contributed by atoms with Crippen molar-refractivity contribution in [1.82, 2.24) is 10.3 Å². The zero-order valence-corrected chi connectivity index (χ0v) is 23.7. The minimum Gasteiger partial charge on any atom is -0.506 e. The Hall–Kier alpha value is -4.38. The first-order valence-corrected chi connectivity index (χ1v) is 13.8. The van der Waals surface area contributed by atoms with Gasteiger partial charge in [-0.3, -0.25) is 9.59 Å². The largest absolute Gasteiger partial charge is 0.506 e. The number of amides is 2. The average molecular weight is 646 g/mol. The summed E-state index contributed by atoms with van der Waals surface area (Å²) in [5, 5.41) is 15.3. The Morgan fingerprint density at radius 1 is 1.05 bits per heavy atom. The molecule has 0 saturated carbocycles. The lowest BCUT2D eigenvalue weighted by Gasteiger charge is -2.27. The molecule has 0 atom stereocenters. The average Bonchev–Trinajstić information content (AvgIpc) is 2.98. The number of hydrogen-bond donors (Lipinski definition) is 3. The normalized spacial score (nSPS) is 13.3. The summed E-state index contributed by atoms with van der Waals surface area (Å²) in [5.41, 5.74) is 11.8.